The van der Waals surface area contributed by atoms with Crippen LogP contribution < -0.4 is 10.1 Å². The molecule has 30 heavy (non-hydrogen) atoms. The van der Waals surface area contributed by atoms with Crippen molar-refractivity contribution in [3.05, 3.63) is 93.7 Å². The zero-order chi connectivity index (χ0) is 21.5. The number of pyridine rings is 1. The summed E-state index contributed by atoms with van der Waals surface area (Å²) in [5.41, 5.74) is 1.77. The van der Waals surface area contributed by atoms with Gasteiger partial charge in [0.25, 0.3) is 5.91 Å². The highest BCUT2D eigenvalue weighted by atomic mass is 35.5. The van der Waals surface area contributed by atoms with Crippen molar-refractivity contribution >= 4 is 35.1 Å². The Labute approximate surface area is 183 Å². The number of aromatic nitrogens is 1. The maximum absolute atomic E-state index is 12.2. The van der Waals surface area contributed by atoms with Gasteiger partial charge in [-0.25, -0.2) is 4.79 Å². The number of carbonyl (C=O) groups is 2. The number of nitrogens with one attached hydrogen (secondary N) is 1. The molecule has 0 aliphatic carbocycles. The first-order valence-electron chi connectivity index (χ1n) is 9.02. The van der Waals surface area contributed by atoms with Crippen molar-refractivity contribution in [1.29, 1.82) is 0 Å². The number of carboxylic acid groups (broad SMARTS) is 1. The molecule has 3 rings (SSSR count). The Morgan fingerprint density at radius 3 is 2.23 bits per heavy atom. The van der Waals surface area contributed by atoms with E-state index in [0.717, 1.165) is 5.56 Å². The van der Waals surface area contributed by atoms with Crippen LogP contribution in [0.2, 0.25) is 10.0 Å². The van der Waals surface area contributed by atoms with Crippen LogP contribution in [0.5, 0.6) is 5.75 Å². The summed E-state index contributed by atoms with van der Waals surface area (Å²) in [6.45, 7) is 0.206. The summed E-state index contributed by atoms with van der Waals surface area (Å²) in [6, 6.07) is 14.2. The molecule has 154 valence electrons. The van der Waals surface area contributed by atoms with E-state index in [1.807, 2.05) is 0 Å². The molecule has 0 saturated carbocycles. The third kappa shape index (κ3) is 5.72. The van der Waals surface area contributed by atoms with E-state index in [2.05, 4.69) is 10.3 Å². The number of carbonyl (C=O) groups excluding carboxylic acids is 1. The Morgan fingerprint density at radius 2 is 1.63 bits per heavy atom. The predicted octanol–water partition coefficient (Wildman–Crippen LogP) is 4.39. The second-order valence-corrected chi connectivity index (χ2v) is 7.25. The second-order valence-electron chi connectivity index (χ2n) is 6.44. The normalized spacial score (nSPS) is 11.5. The van der Waals surface area contributed by atoms with Gasteiger partial charge in [-0.3, -0.25) is 9.78 Å². The Balaban J connectivity index is 1.61. The number of hydrogen-bond acceptors (Lipinski definition) is 4. The van der Waals surface area contributed by atoms with E-state index in [9.17, 15) is 14.7 Å². The van der Waals surface area contributed by atoms with Gasteiger partial charge in [0.1, 0.15) is 18.4 Å². The molecule has 0 bridgehead atoms. The summed E-state index contributed by atoms with van der Waals surface area (Å²) in [4.78, 5) is 27.7. The van der Waals surface area contributed by atoms with E-state index < -0.39 is 17.9 Å². The van der Waals surface area contributed by atoms with Crippen molar-refractivity contribution in [1.82, 2.24) is 10.3 Å². The number of carboxylic acids is 1. The van der Waals surface area contributed by atoms with Gasteiger partial charge >= 0.3 is 5.97 Å². The predicted molar refractivity (Wildman–Crippen MR) is 114 cm³/mol. The lowest BCUT2D eigenvalue weighted by Crippen LogP contribution is -2.42. The maximum atomic E-state index is 12.2. The van der Waals surface area contributed by atoms with Crippen LogP contribution in [0.4, 0.5) is 0 Å². The summed E-state index contributed by atoms with van der Waals surface area (Å²) < 4.78 is 5.72. The number of amides is 1. The Kier molecular flexibility index (Phi) is 7.27. The van der Waals surface area contributed by atoms with Crippen molar-refractivity contribution in [2.75, 3.05) is 0 Å². The topological polar surface area (TPSA) is 88.5 Å². The minimum absolute atomic E-state index is 0.128. The monoisotopic (exact) mass is 444 g/mol. The highest BCUT2D eigenvalue weighted by molar-refractivity contribution is 6.35. The smallest absolute Gasteiger partial charge is 0.326 e. The van der Waals surface area contributed by atoms with E-state index in [0.29, 0.717) is 26.9 Å². The molecular weight excluding hydrogens is 427 g/mol. The van der Waals surface area contributed by atoms with Crippen LogP contribution in [0.3, 0.4) is 0 Å². The van der Waals surface area contributed by atoms with Gasteiger partial charge in [-0.05, 0) is 42.0 Å². The molecule has 1 amide bonds. The minimum atomic E-state index is -1.12. The van der Waals surface area contributed by atoms with Gasteiger partial charge in [0.05, 0.1) is 0 Å². The highest BCUT2D eigenvalue weighted by Crippen LogP contribution is 2.26. The molecular formula is C22H18Cl2N2O4. The number of rotatable bonds is 8. The lowest BCUT2D eigenvalue weighted by Gasteiger charge is -2.15. The number of hydrogen-bond donors (Lipinski definition) is 2. The summed E-state index contributed by atoms with van der Waals surface area (Å²) in [6.07, 6.45) is 3.07. The minimum Gasteiger partial charge on any atom is -0.489 e. The Hall–Kier alpha value is -3.09. The van der Waals surface area contributed by atoms with Gasteiger partial charge in [-0.2, -0.15) is 0 Å². The molecule has 0 radical (unpaired) electrons. The molecule has 0 spiro atoms. The number of aliphatic carboxylic acids is 1. The molecule has 2 N–H and O–H groups in total. The molecule has 8 heteroatoms. The Bertz CT molecular complexity index is 1010. The van der Waals surface area contributed by atoms with Crippen LogP contribution in [0, 0.1) is 0 Å². The van der Waals surface area contributed by atoms with Gasteiger partial charge in [0.2, 0.25) is 0 Å². The second kappa shape index (κ2) is 10.1. The van der Waals surface area contributed by atoms with E-state index in [1.165, 1.54) is 24.5 Å². The summed E-state index contributed by atoms with van der Waals surface area (Å²) >= 11 is 12.3. The van der Waals surface area contributed by atoms with Crippen molar-refractivity contribution in [3.8, 4) is 5.75 Å². The van der Waals surface area contributed by atoms with Gasteiger partial charge in [-0.1, -0.05) is 41.4 Å². The van der Waals surface area contributed by atoms with E-state index in [4.69, 9.17) is 27.9 Å². The zero-order valence-corrected chi connectivity index (χ0v) is 17.2. The lowest BCUT2D eigenvalue weighted by molar-refractivity contribution is -0.139. The molecule has 2 aromatic carbocycles. The first-order valence-corrected chi connectivity index (χ1v) is 9.78. The quantitative estimate of drug-likeness (QED) is 0.537. The number of nitrogens with zero attached hydrogens (tertiary/aromatic N) is 1. The molecule has 0 saturated heterocycles. The summed E-state index contributed by atoms with van der Waals surface area (Å²) in [5, 5.41) is 13.0. The molecule has 0 aliphatic heterocycles. The summed E-state index contributed by atoms with van der Waals surface area (Å²) in [7, 11) is 0. The van der Waals surface area contributed by atoms with Crippen molar-refractivity contribution in [2.24, 2.45) is 0 Å². The average molecular weight is 445 g/mol. The standard InChI is InChI=1S/C22H18Cl2N2O4/c23-18-2-1-3-19(24)17(18)13-30-16-6-4-14(5-7-16)12-20(22(28)29)26-21(27)15-8-10-25-11-9-15/h1-11,20H,12-13H2,(H,26,27)(H,28,29)/t20-/m0/s1. The molecule has 1 aromatic heterocycles. The van der Waals surface area contributed by atoms with Gasteiger partial charge in [0.15, 0.2) is 0 Å². The molecule has 0 aliphatic rings. The zero-order valence-electron chi connectivity index (χ0n) is 15.7. The first kappa shape index (κ1) is 21.6. The summed E-state index contributed by atoms with van der Waals surface area (Å²) in [5.74, 6) is -1.00. The van der Waals surface area contributed by atoms with E-state index >= 15 is 0 Å². The van der Waals surface area contributed by atoms with Gasteiger partial charge in [0, 0.05) is 40.0 Å². The SMILES string of the molecule is O=C(N[C@@H](Cc1ccc(OCc2c(Cl)cccc2Cl)cc1)C(=O)O)c1ccncc1. The number of benzene rings is 2. The van der Waals surface area contributed by atoms with Gasteiger partial charge in [-0.15, -0.1) is 0 Å². The fraction of sp³-hybridized carbons (Fsp3) is 0.136. The van der Waals surface area contributed by atoms with Crippen molar-refractivity contribution in [2.45, 2.75) is 19.1 Å². The molecule has 1 atom stereocenters. The largest absolute Gasteiger partial charge is 0.489 e. The fourth-order valence-electron chi connectivity index (χ4n) is 2.73. The molecule has 1 heterocycles. The van der Waals surface area contributed by atoms with Crippen LogP contribution in [0.1, 0.15) is 21.5 Å². The molecule has 0 fully saturated rings. The van der Waals surface area contributed by atoms with Crippen LogP contribution in [0.25, 0.3) is 0 Å². The maximum Gasteiger partial charge on any atom is 0.326 e. The van der Waals surface area contributed by atoms with E-state index in [-0.39, 0.29) is 13.0 Å². The van der Waals surface area contributed by atoms with Crippen LogP contribution in [-0.4, -0.2) is 28.0 Å². The van der Waals surface area contributed by atoms with Crippen LogP contribution in [0.15, 0.2) is 67.0 Å². The molecule has 6 nitrogen and oxygen atoms in total. The average Bonchev–Trinajstić information content (AvgIpc) is 2.74. The van der Waals surface area contributed by atoms with Gasteiger partial charge < -0.3 is 15.2 Å². The molecule has 0 unspecified atom stereocenters. The third-order valence-electron chi connectivity index (χ3n) is 4.35. The van der Waals surface area contributed by atoms with E-state index in [1.54, 1.807) is 42.5 Å². The lowest BCUT2D eigenvalue weighted by atomic mass is 10.1. The van der Waals surface area contributed by atoms with Crippen LogP contribution >= 0.6 is 23.2 Å². The number of halogens is 2. The van der Waals surface area contributed by atoms with Crippen molar-refractivity contribution < 1.29 is 19.4 Å². The Morgan fingerprint density at radius 1 is 1.00 bits per heavy atom. The highest BCUT2D eigenvalue weighted by Gasteiger charge is 2.21. The van der Waals surface area contributed by atoms with Crippen LogP contribution in [-0.2, 0) is 17.8 Å². The third-order valence-corrected chi connectivity index (χ3v) is 5.06. The van der Waals surface area contributed by atoms with Crippen molar-refractivity contribution in [3.63, 3.8) is 0 Å². The fourth-order valence-corrected chi connectivity index (χ4v) is 3.23. The molecule has 3 aromatic rings. The number of ether oxygens (including phenoxy) is 1. The first-order chi connectivity index (χ1) is 14.4.